The number of hydrogen-bond acceptors (Lipinski definition) is 2. The highest BCUT2D eigenvalue weighted by atomic mass is 79.9. The largest absolute Gasteiger partial charge is 0.399 e. The molecule has 1 amide bonds. The van der Waals surface area contributed by atoms with Crippen molar-refractivity contribution in [3.8, 4) is 0 Å². The van der Waals surface area contributed by atoms with Crippen molar-refractivity contribution in [2.75, 3.05) is 19.3 Å². The zero-order valence-electron chi connectivity index (χ0n) is 11.3. The van der Waals surface area contributed by atoms with Gasteiger partial charge in [0.25, 0.3) is 5.91 Å². The molecule has 4 heteroatoms. The van der Waals surface area contributed by atoms with Crippen LogP contribution in [0.15, 0.2) is 53.0 Å². The number of halogens is 1. The van der Waals surface area contributed by atoms with Gasteiger partial charge in [-0.3, -0.25) is 4.79 Å². The number of benzene rings is 2. The topological polar surface area (TPSA) is 46.3 Å². The number of nitrogen functional groups attached to an aromatic ring is 1. The third kappa shape index (κ3) is 3.61. The molecule has 20 heavy (non-hydrogen) atoms. The van der Waals surface area contributed by atoms with Gasteiger partial charge < -0.3 is 10.6 Å². The summed E-state index contributed by atoms with van der Waals surface area (Å²) in [4.78, 5) is 14.0. The molecule has 0 bridgehead atoms. The van der Waals surface area contributed by atoms with Crippen LogP contribution in [0.1, 0.15) is 15.9 Å². The standard InChI is InChI=1S/C16H17BrN2O/c1-19(11-10-12-4-2-3-5-15(12)17)16(20)13-6-8-14(18)9-7-13/h2-9H,10-11,18H2,1H3. The van der Waals surface area contributed by atoms with E-state index in [1.54, 1.807) is 29.2 Å². The minimum absolute atomic E-state index is 0.0112. The fourth-order valence-corrected chi connectivity index (χ4v) is 2.42. The number of likely N-dealkylation sites (N-methyl/N-ethyl adjacent to an activating group) is 1. The van der Waals surface area contributed by atoms with Crippen molar-refractivity contribution < 1.29 is 4.79 Å². The predicted octanol–water partition coefficient (Wildman–Crippen LogP) is 3.35. The molecule has 2 aromatic carbocycles. The van der Waals surface area contributed by atoms with Gasteiger partial charge in [0, 0.05) is 29.3 Å². The Morgan fingerprint density at radius 2 is 1.80 bits per heavy atom. The highest BCUT2D eigenvalue weighted by Crippen LogP contribution is 2.17. The summed E-state index contributed by atoms with van der Waals surface area (Å²) in [6.07, 6.45) is 0.818. The summed E-state index contributed by atoms with van der Waals surface area (Å²) in [5.74, 6) is 0.0112. The maximum Gasteiger partial charge on any atom is 0.253 e. The predicted molar refractivity (Wildman–Crippen MR) is 85.7 cm³/mol. The molecular formula is C16H17BrN2O. The van der Waals surface area contributed by atoms with E-state index in [0.717, 1.165) is 10.9 Å². The Balaban J connectivity index is 1.98. The van der Waals surface area contributed by atoms with Crippen LogP contribution in [0, 0.1) is 0 Å². The molecule has 0 radical (unpaired) electrons. The Hall–Kier alpha value is -1.81. The number of hydrogen-bond donors (Lipinski definition) is 1. The lowest BCUT2D eigenvalue weighted by Crippen LogP contribution is -2.28. The van der Waals surface area contributed by atoms with E-state index in [2.05, 4.69) is 22.0 Å². The van der Waals surface area contributed by atoms with Crippen LogP contribution in [-0.4, -0.2) is 24.4 Å². The molecule has 0 saturated carbocycles. The van der Waals surface area contributed by atoms with Crippen molar-refractivity contribution in [3.63, 3.8) is 0 Å². The van der Waals surface area contributed by atoms with Gasteiger partial charge in [-0.15, -0.1) is 0 Å². The first-order valence-corrected chi connectivity index (χ1v) is 7.21. The Bertz CT molecular complexity index is 596. The normalized spacial score (nSPS) is 10.3. The summed E-state index contributed by atoms with van der Waals surface area (Å²) in [7, 11) is 1.82. The zero-order chi connectivity index (χ0) is 14.5. The van der Waals surface area contributed by atoms with Crippen molar-refractivity contribution in [3.05, 3.63) is 64.1 Å². The number of nitrogens with zero attached hydrogens (tertiary/aromatic N) is 1. The summed E-state index contributed by atoms with van der Waals surface area (Å²) in [6, 6.07) is 15.1. The van der Waals surface area contributed by atoms with Gasteiger partial charge in [0.15, 0.2) is 0 Å². The van der Waals surface area contributed by atoms with Crippen molar-refractivity contribution in [1.29, 1.82) is 0 Å². The second kappa shape index (κ2) is 6.57. The van der Waals surface area contributed by atoms with E-state index in [9.17, 15) is 4.79 Å². The molecule has 104 valence electrons. The molecule has 2 rings (SSSR count). The second-order valence-electron chi connectivity index (χ2n) is 4.69. The van der Waals surface area contributed by atoms with E-state index in [1.807, 2.05) is 25.2 Å². The SMILES string of the molecule is CN(CCc1ccccc1Br)C(=O)c1ccc(N)cc1. The number of anilines is 1. The molecule has 0 fully saturated rings. The van der Waals surface area contributed by atoms with Gasteiger partial charge in [0.2, 0.25) is 0 Å². The van der Waals surface area contributed by atoms with Gasteiger partial charge in [-0.2, -0.15) is 0 Å². The maximum absolute atomic E-state index is 12.2. The monoisotopic (exact) mass is 332 g/mol. The van der Waals surface area contributed by atoms with Crippen LogP contribution in [0.2, 0.25) is 0 Å². The second-order valence-corrected chi connectivity index (χ2v) is 5.54. The first kappa shape index (κ1) is 14.6. The Kier molecular flexibility index (Phi) is 4.79. The van der Waals surface area contributed by atoms with Gasteiger partial charge in [0.1, 0.15) is 0 Å². The van der Waals surface area contributed by atoms with Gasteiger partial charge in [-0.1, -0.05) is 34.1 Å². The lowest BCUT2D eigenvalue weighted by atomic mass is 10.1. The molecule has 0 aliphatic carbocycles. The van der Waals surface area contributed by atoms with Gasteiger partial charge >= 0.3 is 0 Å². The fourth-order valence-electron chi connectivity index (χ4n) is 1.94. The third-order valence-electron chi connectivity index (χ3n) is 3.18. The highest BCUT2D eigenvalue weighted by molar-refractivity contribution is 9.10. The van der Waals surface area contributed by atoms with E-state index >= 15 is 0 Å². The lowest BCUT2D eigenvalue weighted by Gasteiger charge is -2.17. The van der Waals surface area contributed by atoms with Crippen LogP contribution in [0.25, 0.3) is 0 Å². The minimum atomic E-state index is 0.0112. The van der Waals surface area contributed by atoms with E-state index in [0.29, 0.717) is 17.8 Å². The van der Waals surface area contributed by atoms with Crippen LogP contribution in [0.4, 0.5) is 5.69 Å². The van der Waals surface area contributed by atoms with Crippen LogP contribution in [0.3, 0.4) is 0 Å². The highest BCUT2D eigenvalue weighted by Gasteiger charge is 2.11. The molecule has 0 unspecified atom stereocenters. The molecular weight excluding hydrogens is 316 g/mol. The van der Waals surface area contributed by atoms with Crippen LogP contribution >= 0.6 is 15.9 Å². The number of carbonyl (C=O) groups excluding carboxylic acids is 1. The quantitative estimate of drug-likeness (QED) is 0.873. The summed E-state index contributed by atoms with van der Waals surface area (Å²) >= 11 is 3.52. The Morgan fingerprint density at radius 3 is 2.45 bits per heavy atom. The molecule has 0 aliphatic heterocycles. The van der Waals surface area contributed by atoms with Crippen molar-refractivity contribution in [2.24, 2.45) is 0 Å². The molecule has 0 atom stereocenters. The van der Waals surface area contributed by atoms with E-state index < -0.39 is 0 Å². The van der Waals surface area contributed by atoms with E-state index in [-0.39, 0.29) is 5.91 Å². The average Bonchev–Trinajstić information content (AvgIpc) is 2.46. The Morgan fingerprint density at radius 1 is 1.15 bits per heavy atom. The van der Waals surface area contributed by atoms with Crippen molar-refractivity contribution in [2.45, 2.75) is 6.42 Å². The van der Waals surface area contributed by atoms with Crippen molar-refractivity contribution in [1.82, 2.24) is 4.90 Å². The van der Waals surface area contributed by atoms with Crippen molar-refractivity contribution >= 4 is 27.5 Å². The first-order valence-electron chi connectivity index (χ1n) is 6.42. The summed E-state index contributed by atoms with van der Waals surface area (Å²) in [6.45, 7) is 0.672. The molecule has 0 heterocycles. The number of nitrogens with two attached hydrogens (primary N) is 1. The number of carbonyl (C=O) groups is 1. The van der Waals surface area contributed by atoms with E-state index in [1.165, 1.54) is 5.56 Å². The molecule has 2 N–H and O–H groups in total. The molecule has 0 spiro atoms. The average molecular weight is 333 g/mol. The smallest absolute Gasteiger partial charge is 0.253 e. The molecule has 2 aromatic rings. The zero-order valence-corrected chi connectivity index (χ0v) is 12.9. The summed E-state index contributed by atoms with van der Waals surface area (Å²) in [5, 5.41) is 0. The third-order valence-corrected chi connectivity index (χ3v) is 3.95. The summed E-state index contributed by atoms with van der Waals surface area (Å²) in [5.41, 5.74) is 8.15. The van der Waals surface area contributed by atoms with Crippen LogP contribution < -0.4 is 5.73 Å². The lowest BCUT2D eigenvalue weighted by molar-refractivity contribution is 0.0796. The van der Waals surface area contributed by atoms with Gasteiger partial charge in [0.05, 0.1) is 0 Å². The molecule has 0 aliphatic rings. The summed E-state index contributed by atoms with van der Waals surface area (Å²) < 4.78 is 1.08. The van der Waals surface area contributed by atoms with Crippen LogP contribution in [0.5, 0.6) is 0 Å². The first-order chi connectivity index (χ1) is 9.58. The fraction of sp³-hybridized carbons (Fsp3) is 0.188. The Labute approximate surface area is 127 Å². The minimum Gasteiger partial charge on any atom is -0.399 e. The van der Waals surface area contributed by atoms with Gasteiger partial charge in [-0.05, 0) is 42.3 Å². The van der Waals surface area contributed by atoms with Gasteiger partial charge in [-0.25, -0.2) is 0 Å². The number of amides is 1. The maximum atomic E-state index is 12.2. The molecule has 3 nitrogen and oxygen atoms in total. The van der Waals surface area contributed by atoms with E-state index in [4.69, 9.17) is 5.73 Å². The number of rotatable bonds is 4. The molecule has 0 saturated heterocycles. The van der Waals surface area contributed by atoms with Crippen LogP contribution in [-0.2, 0) is 6.42 Å². The molecule has 0 aromatic heterocycles.